The Morgan fingerprint density at radius 3 is 2.26 bits per heavy atom. The number of rotatable bonds is 10. The molecule has 1 aliphatic rings. The SMILES string of the molecule is CC(C(=O)NCCOc1ccc(S(=O)(=O)N2CCOCC2)cc1)N(c1ccccc1)S(C)(=O)=O. The van der Waals surface area contributed by atoms with Crippen LogP contribution in [0, 0.1) is 0 Å². The van der Waals surface area contributed by atoms with E-state index in [1.165, 1.54) is 23.4 Å². The molecule has 0 radical (unpaired) electrons. The lowest BCUT2D eigenvalue weighted by Crippen LogP contribution is -2.48. The van der Waals surface area contributed by atoms with Crippen LogP contribution in [0.1, 0.15) is 6.92 Å². The zero-order valence-electron chi connectivity index (χ0n) is 19.1. The third-order valence-corrected chi connectivity index (χ3v) is 8.36. The summed E-state index contributed by atoms with van der Waals surface area (Å²) in [6.45, 7) is 3.16. The van der Waals surface area contributed by atoms with E-state index in [0.717, 1.165) is 10.6 Å². The molecular formula is C22H29N3O7S2. The zero-order valence-corrected chi connectivity index (χ0v) is 20.7. The number of anilines is 1. The Kier molecular flexibility index (Phi) is 8.52. The molecule has 0 spiro atoms. The smallest absolute Gasteiger partial charge is 0.243 e. The van der Waals surface area contributed by atoms with Crippen molar-refractivity contribution in [3.05, 3.63) is 54.6 Å². The van der Waals surface area contributed by atoms with Gasteiger partial charge in [0.1, 0.15) is 18.4 Å². The summed E-state index contributed by atoms with van der Waals surface area (Å²) in [4.78, 5) is 12.7. The molecule has 34 heavy (non-hydrogen) atoms. The molecule has 1 aliphatic heterocycles. The molecule has 3 rings (SSSR count). The molecule has 0 saturated carbocycles. The normalized spacial score (nSPS) is 15.9. The third-order valence-electron chi connectivity index (χ3n) is 5.20. The molecule has 186 valence electrons. The molecule has 1 saturated heterocycles. The first-order valence-corrected chi connectivity index (χ1v) is 14.0. The minimum Gasteiger partial charge on any atom is -0.492 e. The standard InChI is InChI=1S/C22H29N3O7S2/c1-18(25(33(2,27)28)19-6-4-3-5-7-19)22(26)23-12-15-32-20-8-10-21(11-9-20)34(29,30)24-13-16-31-17-14-24/h3-11,18H,12-17H2,1-2H3,(H,23,26). The van der Waals surface area contributed by atoms with Crippen molar-refractivity contribution in [3.63, 3.8) is 0 Å². The molecule has 0 bridgehead atoms. The number of carbonyl (C=O) groups excluding carboxylic acids is 1. The van der Waals surface area contributed by atoms with E-state index in [0.29, 0.717) is 37.7 Å². The van der Waals surface area contributed by atoms with Crippen molar-refractivity contribution in [3.8, 4) is 5.75 Å². The first-order chi connectivity index (χ1) is 16.1. The van der Waals surface area contributed by atoms with Crippen LogP contribution in [0.15, 0.2) is 59.5 Å². The number of amides is 1. The Balaban J connectivity index is 1.52. The summed E-state index contributed by atoms with van der Waals surface area (Å²) in [6.07, 6.45) is 1.05. The summed E-state index contributed by atoms with van der Waals surface area (Å²) < 4.78 is 63.1. The molecule has 12 heteroatoms. The van der Waals surface area contributed by atoms with E-state index in [4.69, 9.17) is 9.47 Å². The van der Waals surface area contributed by atoms with Crippen LogP contribution in [0.3, 0.4) is 0 Å². The maximum Gasteiger partial charge on any atom is 0.243 e. The largest absolute Gasteiger partial charge is 0.492 e. The van der Waals surface area contributed by atoms with Crippen molar-refractivity contribution in [1.82, 2.24) is 9.62 Å². The Morgan fingerprint density at radius 1 is 1.06 bits per heavy atom. The van der Waals surface area contributed by atoms with E-state index in [2.05, 4.69) is 5.32 Å². The van der Waals surface area contributed by atoms with Crippen molar-refractivity contribution in [2.75, 3.05) is 50.0 Å². The minimum absolute atomic E-state index is 0.123. The number of ether oxygens (including phenoxy) is 2. The molecule has 1 heterocycles. The lowest BCUT2D eigenvalue weighted by molar-refractivity contribution is -0.121. The maximum atomic E-state index is 12.7. The van der Waals surface area contributed by atoms with Gasteiger partial charge in [-0.15, -0.1) is 0 Å². The molecule has 1 fully saturated rings. The van der Waals surface area contributed by atoms with Gasteiger partial charge in [0.15, 0.2) is 0 Å². The second-order valence-electron chi connectivity index (χ2n) is 7.70. The topological polar surface area (TPSA) is 122 Å². The first-order valence-electron chi connectivity index (χ1n) is 10.7. The van der Waals surface area contributed by atoms with Crippen LogP contribution in [0.4, 0.5) is 5.69 Å². The Morgan fingerprint density at radius 2 is 1.68 bits per heavy atom. The van der Waals surface area contributed by atoms with Crippen molar-refractivity contribution >= 4 is 31.6 Å². The number of para-hydroxylation sites is 1. The molecule has 0 aromatic heterocycles. The predicted molar refractivity (Wildman–Crippen MR) is 128 cm³/mol. The number of carbonyl (C=O) groups is 1. The van der Waals surface area contributed by atoms with Crippen LogP contribution in [0.5, 0.6) is 5.75 Å². The van der Waals surface area contributed by atoms with Crippen LogP contribution < -0.4 is 14.4 Å². The van der Waals surface area contributed by atoms with Crippen molar-refractivity contribution < 1.29 is 31.1 Å². The molecule has 0 aliphatic carbocycles. The van der Waals surface area contributed by atoms with Gasteiger partial charge in [-0.05, 0) is 43.3 Å². The van der Waals surface area contributed by atoms with E-state index >= 15 is 0 Å². The predicted octanol–water partition coefficient (Wildman–Crippen LogP) is 1.06. The van der Waals surface area contributed by atoms with Crippen molar-refractivity contribution in [1.29, 1.82) is 0 Å². The third kappa shape index (κ3) is 6.47. The number of nitrogens with one attached hydrogen (secondary N) is 1. The number of morpholine rings is 1. The Labute approximate surface area is 200 Å². The van der Waals surface area contributed by atoms with E-state index in [1.807, 2.05) is 0 Å². The minimum atomic E-state index is -3.68. The summed E-state index contributed by atoms with van der Waals surface area (Å²) in [6, 6.07) is 13.5. The Bertz CT molecular complexity index is 1160. The van der Waals surface area contributed by atoms with Gasteiger partial charge in [0.2, 0.25) is 26.0 Å². The Hall–Kier alpha value is -2.67. The lowest BCUT2D eigenvalue weighted by atomic mass is 10.2. The molecule has 1 amide bonds. The van der Waals surface area contributed by atoms with Gasteiger partial charge in [-0.1, -0.05) is 18.2 Å². The van der Waals surface area contributed by atoms with Gasteiger partial charge in [0, 0.05) is 13.1 Å². The van der Waals surface area contributed by atoms with E-state index < -0.39 is 32.0 Å². The number of hydrogen-bond acceptors (Lipinski definition) is 7. The second kappa shape index (κ2) is 11.2. The second-order valence-corrected chi connectivity index (χ2v) is 11.5. The van der Waals surface area contributed by atoms with Gasteiger partial charge in [-0.25, -0.2) is 16.8 Å². The highest BCUT2D eigenvalue weighted by molar-refractivity contribution is 7.92. The molecule has 2 aromatic rings. The van der Waals surface area contributed by atoms with Crippen molar-refractivity contribution in [2.45, 2.75) is 17.9 Å². The summed E-state index contributed by atoms with van der Waals surface area (Å²) >= 11 is 0. The van der Waals surface area contributed by atoms with Gasteiger partial charge < -0.3 is 14.8 Å². The molecule has 1 atom stereocenters. The van der Waals surface area contributed by atoms with E-state index in [9.17, 15) is 21.6 Å². The van der Waals surface area contributed by atoms with Gasteiger partial charge in [0.25, 0.3) is 0 Å². The van der Waals surface area contributed by atoms with Crippen LogP contribution in [0.25, 0.3) is 0 Å². The van der Waals surface area contributed by atoms with Crippen molar-refractivity contribution in [2.24, 2.45) is 0 Å². The monoisotopic (exact) mass is 511 g/mol. The number of benzene rings is 2. The quantitative estimate of drug-likeness (QED) is 0.473. The highest BCUT2D eigenvalue weighted by Crippen LogP contribution is 2.21. The molecule has 1 N–H and O–H groups in total. The zero-order chi connectivity index (χ0) is 24.8. The molecule has 10 nitrogen and oxygen atoms in total. The number of nitrogens with zero attached hydrogens (tertiary/aromatic N) is 2. The van der Waals surface area contributed by atoms with Crippen LogP contribution in [-0.2, 0) is 29.6 Å². The average Bonchev–Trinajstić information content (AvgIpc) is 2.82. The van der Waals surface area contributed by atoms with Gasteiger partial charge in [-0.2, -0.15) is 4.31 Å². The molecular weight excluding hydrogens is 482 g/mol. The first kappa shape index (κ1) is 25.9. The van der Waals surface area contributed by atoms with Gasteiger partial charge in [-0.3, -0.25) is 9.10 Å². The fourth-order valence-electron chi connectivity index (χ4n) is 3.52. The highest BCUT2D eigenvalue weighted by Gasteiger charge is 2.29. The van der Waals surface area contributed by atoms with Crippen LogP contribution >= 0.6 is 0 Å². The molecule has 2 aromatic carbocycles. The summed E-state index contributed by atoms with van der Waals surface area (Å²) in [5.74, 6) is -0.0184. The fraction of sp³-hybridized carbons (Fsp3) is 0.409. The summed E-state index contributed by atoms with van der Waals surface area (Å²) in [7, 11) is -7.26. The maximum absolute atomic E-state index is 12.7. The van der Waals surface area contributed by atoms with Gasteiger partial charge >= 0.3 is 0 Å². The van der Waals surface area contributed by atoms with Crippen LogP contribution in [0.2, 0.25) is 0 Å². The number of hydrogen-bond donors (Lipinski definition) is 1. The average molecular weight is 512 g/mol. The number of sulfonamides is 2. The highest BCUT2D eigenvalue weighted by atomic mass is 32.2. The summed E-state index contributed by atoms with van der Waals surface area (Å²) in [5.41, 5.74) is 0.399. The fourth-order valence-corrected chi connectivity index (χ4v) is 6.10. The van der Waals surface area contributed by atoms with E-state index in [-0.39, 0.29) is 18.0 Å². The van der Waals surface area contributed by atoms with Crippen LogP contribution in [-0.4, -0.2) is 78.8 Å². The van der Waals surface area contributed by atoms with Gasteiger partial charge in [0.05, 0.1) is 36.6 Å². The molecule has 1 unspecified atom stereocenters. The lowest BCUT2D eigenvalue weighted by Gasteiger charge is -2.28. The van der Waals surface area contributed by atoms with E-state index in [1.54, 1.807) is 42.5 Å². The summed E-state index contributed by atoms with van der Waals surface area (Å²) in [5, 5.41) is 2.67.